The van der Waals surface area contributed by atoms with E-state index in [4.69, 9.17) is 4.74 Å². The summed E-state index contributed by atoms with van der Waals surface area (Å²) in [4.78, 5) is 2.22. The lowest BCUT2D eigenvalue weighted by Gasteiger charge is -2.23. The van der Waals surface area contributed by atoms with Crippen LogP contribution in [0.25, 0.3) is 0 Å². The van der Waals surface area contributed by atoms with Crippen LogP contribution in [0.1, 0.15) is 6.92 Å². The van der Waals surface area contributed by atoms with E-state index in [-0.39, 0.29) is 0 Å². The zero-order valence-corrected chi connectivity index (χ0v) is 9.95. The topological polar surface area (TPSA) is 24.5 Å². The minimum atomic E-state index is 0.483. The molecular weight excluding hydrogens is 188 g/mol. The Kier molecular flexibility index (Phi) is 4.43. The van der Waals surface area contributed by atoms with Gasteiger partial charge in [0.2, 0.25) is 0 Å². The van der Waals surface area contributed by atoms with Crippen molar-refractivity contribution in [3.8, 4) is 5.75 Å². The first-order chi connectivity index (χ1) is 7.17. The van der Waals surface area contributed by atoms with E-state index in [1.807, 2.05) is 19.2 Å². The van der Waals surface area contributed by atoms with Gasteiger partial charge in [0, 0.05) is 25.3 Å². The summed E-state index contributed by atoms with van der Waals surface area (Å²) in [7, 11) is 5.75. The first-order valence-electron chi connectivity index (χ1n) is 5.20. The van der Waals surface area contributed by atoms with Crippen molar-refractivity contribution in [3.63, 3.8) is 0 Å². The monoisotopic (exact) mass is 208 g/mol. The normalized spacial score (nSPS) is 12.3. The summed E-state index contributed by atoms with van der Waals surface area (Å²) >= 11 is 0. The molecule has 1 unspecified atom stereocenters. The third-order valence-electron chi connectivity index (χ3n) is 2.55. The highest BCUT2D eigenvalue weighted by Crippen LogP contribution is 2.17. The fraction of sp³-hybridized carbons (Fsp3) is 0.500. The quantitative estimate of drug-likeness (QED) is 0.797. The van der Waals surface area contributed by atoms with Gasteiger partial charge in [0.05, 0.1) is 7.11 Å². The summed E-state index contributed by atoms with van der Waals surface area (Å²) in [5, 5.41) is 3.22. The molecule has 0 fully saturated rings. The number of methoxy groups -OCH3 is 1. The van der Waals surface area contributed by atoms with Crippen LogP contribution in [0, 0.1) is 0 Å². The number of nitrogens with one attached hydrogen (secondary N) is 1. The fourth-order valence-electron chi connectivity index (χ4n) is 1.44. The van der Waals surface area contributed by atoms with Crippen LogP contribution in [-0.4, -0.2) is 33.8 Å². The van der Waals surface area contributed by atoms with Crippen LogP contribution in [0.5, 0.6) is 5.75 Å². The summed E-state index contributed by atoms with van der Waals surface area (Å²) in [6, 6.07) is 8.59. The molecule has 1 aromatic rings. The number of rotatable bonds is 5. The SMILES string of the molecule is CNC(C)CN(C)c1ccc(OC)cc1. The zero-order chi connectivity index (χ0) is 11.3. The molecule has 15 heavy (non-hydrogen) atoms. The molecule has 0 saturated carbocycles. The third-order valence-corrected chi connectivity index (χ3v) is 2.55. The molecule has 1 rings (SSSR count). The second-order valence-corrected chi connectivity index (χ2v) is 3.77. The number of likely N-dealkylation sites (N-methyl/N-ethyl adjacent to an activating group) is 2. The van der Waals surface area contributed by atoms with Crippen LogP contribution >= 0.6 is 0 Å². The van der Waals surface area contributed by atoms with Gasteiger partial charge in [-0.05, 0) is 38.2 Å². The molecular formula is C12H20N2O. The lowest BCUT2D eigenvalue weighted by molar-refractivity contribution is 0.415. The number of benzene rings is 1. The number of hydrogen-bond donors (Lipinski definition) is 1. The van der Waals surface area contributed by atoms with E-state index < -0.39 is 0 Å². The smallest absolute Gasteiger partial charge is 0.119 e. The van der Waals surface area contributed by atoms with E-state index in [0.29, 0.717) is 6.04 Å². The van der Waals surface area contributed by atoms with Crippen molar-refractivity contribution in [1.82, 2.24) is 5.32 Å². The molecule has 0 spiro atoms. The molecule has 84 valence electrons. The molecule has 0 amide bonds. The molecule has 0 aromatic heterocycles. The van der Waals surface area contributed by atoms with Crippen molar-refractivity contribution < 1.29 is 4.74 Å². The van der Waals surface area contributed by atoms with Gasteiger partial charge in [-0.2, -0.15) is 0 Å². The van der Waals surface area contributed by atoms with Crippen LogP contribution in [0.2, 0.25) is 0 Å². The predicted octanol–water partition coefficient (Wildman–Crippen LogP) is 1.74. The maximum absolute atomic E-state index is 5.12. The second kappa shape index (κ2) is 5.61. The summed E-state index contributed by atoms with van der Waals surface area (Å²) in [6.45, 7) is 3.16. The Morgan fingerprint density at radius 1 is 1.33 bits per heavy atom. The molecule has 0 bridgehead atoms. The molecule has 0 radical (unpaired) electrons. The molecule has 0 saturated heterocycles. The van der Waals surface area contributed by atoms with Gasteiger partial charge in [-0.1, -0.05) is 0 Å². The van der Waals surface area contributed by atoms with Gasteiger partial charge in [0.1, 0.15) is 5.75 Å². The van der Waals surface area contributed by atoms with E-state index in [0.717, 1.165) is 12.3 Å². The van der Waals surface area contributed by atoms with Gasteiger partial charge < -0.3 is 15.0 Å². The van der Waals surface area contributed by atoms with Crippen molar-refractivity contribution in [2.45, 2.75) is 13.0 Å². The lowest BCUT2D eigenvalue weighted by Crippen LogP contribution is -2.35. The zero-order valence-electron chi connectivity index (χ0n) is 9.95. The number of nitrogens with zero attached hydrogens (tertiary/aromatic N) is 1. The summed E-state index contributed by atoms with van der Waals surface area (Å²) in [5.74, 6) is 0.897. The minimum absolute atomic E-state index is 0.483. The van der Waals surface area contributed by atoms with Gasteiger partial charge in [0.15, 0.2) is 0 Å². The molecule has 3 heteroatoms. The summed E-state index contributed by atoms with van der Waals surface area (Å²) in [6.07, 6.45) is 0. The van der Waals surface area contributed by atoms with E-state index in [2.05, 4.69) is 36.3 Å². The predicted molar refractivity (Wildman–Crippen MR) is 64.8 cm³/mol. The Morgan fingerprint density at radius 2 is 1.93 bits per heavy atom. The van der Waals surface area contributed by atoms with Gasteiger partial charge in [-0.25, -0.2) is 0 Å². The van der Waals surface area contributed by atoms with Crippen molar-refractivity contribution in [3.05, 3.63) is 24.3 Å². The highest BCUT2D eigenvalue weighted by atomic mass is 16.5. The third kappa shape index (κ3) is 3.44. The van der Waals surface area contributed by atoms with Crippen molar-refractivity contribution in [1.29, 1.82) is 0 Å². The van der Waals surface area contributed by atoms with Crippen molar-refractivity contribution in [2.24, 2.45) is 0 Å². The van der Waals surface area contributed by atoms with Crippen molar-refractivity contribution >= 4 is 5.69 Å². The Morgan fingerprint density at radius 3 is 2.40 bits per heavy atom. The maximum Gasteiger partial charge on any atom is 0.119 e. The lowest BCUT2D eigenvalue weighted by atomic mass is 10.2. The Labute approximate surface area is 92.0 Å². The minimum Gasteiger partial charge on any atom is -0.497 e. The van der Waals surface area contributed by atoms with Crippen LogP contribution in [0.15, 0.2) is 24.3 Å². The van der Waals surface area contributed by atoms with Crippen molar-refractivity contribution in [2.75, 3.05) is 32.6 Å². The molecule has 3 nitrogen and oxygen atoms in total. The van der Waals surface area contributed by atoms with Crippen LogP contribution in [0.3, 0.4) is 0 Å². The van der Waals surface area contributed by atoms with E-state index in [9.17, 15) is 0 Å². The molecule has 0 aliphatic heterocycles. The summed E-state index contributed by atoms with van der Waals surface area (Å²) in [5.41, 5.74) is 1.21. The molecule has 0 heterocycles. The Hall–Kier alpha value is -1.22. The fourth-order valence-corrected chi connectivity index (χ4v) is 1.44. The largest absolute Gasteiger partial charge is 0.497 e. The van der Waals surface area contributed by atoms with E-state index >= 15 is 0 Å². The number of hydrogen-bond acceptors (Lipinski definition) is 3. The van der Waals surface area contributed by atoms with Gasteiger partial charge >= 0.3 is 0 Å². The van der Waals surface area contributed by atoms with Gasteiger partial charge in [-0.3, -0.25) is 0 Å². The average Bonchev–Trinajstić information content (AvgIpc) is 2.29. The maximum atomic E-state index is 5.12. The summed E-state index contributed by atoms with van der Waals surface area (Å²) < 4.78 is 5.12. The molecule has 1 N–H and O–H groups in total. The first-order valence-corrected chi connectivity index (χ1v) is 5.20. The molecule has 0 aliphatic carbocycles. The second-order valence-electron chi connectivity index (χ2n) is 3.77. The van der Waals surface area contributed by atoms with Crippen LogP contribution < -0.4 is 15.0 Å². The standard InChI is InChI=1S/C12H20N2O/c1-10(13-2)9-14(3)11-5-7-12(15-4)8-6-11/h5-8,10,13H,9H2,1-4H3. The van der Waals surface area contributed by atoms with Gasteiger partial charge in [0.25, 0.3) is 0 Å². The molecule has 0 aliphatic rings. The average molecular weight is 208 g/mol. The van der Waals surface area contributed by atoms with E-state index in [1.165, 1.54) is 5.69 Å². The first kappa shape index (κ1) is 11.9. The van der Waals surface area contributed by atoms with Crippen LogP contribution in [0.4, 0.5) is 5.69 Å². The highest BCUT2D eigenvalue weighted by Gasteiger charge is 2.04. The molecule has 1 aromatic carbocycles. The number of ether oxygens (including phenoxy) is 1. The number of anilines is 1. The van der Waals surface area contributed by atoms with Gasteiger partial charge in [-0.15, -0.1) is 0 Å². The van der Waals surface area contributed by atoms with E-state index in [1.54, 1.807) is 7.11 Å². The highest BCUT2D eigenvalue weighted by molar-refractivity contribution is 5.48. The Balaban J connectivity index is 2.61. The van der Waals surface area contributed by atoms with Crippen LogP contribution in [-0.2, 0) is 0 Å². The molecule has 1 atom stereocenters. The Bertz CT molecular complexity index is 284.